The lowest BCUT2D eigenvalue weighted by Crippen LogP contribution is -2.47. The standard InChI is InChI=1S/C9H16N4O2S/c1-7-9(8(2)12-11-7)16(14,15)13-5-3-10-4-6-13/h7,10H,3-6H2,1-2H3/t7-/m0/s1. The summed E-state index contributed by atoms with van der Waals surface area (Å²) in [5.74, 6) is 0. The Labute approximate surface area is 95.5 Å². The van der Waals surface area contributed by atoms with Gasteiger partial charge in [0.25, 0.3) is 0 Å². The summed E-state index contributed by atoms with van der Waals surface area (Å²) in [6.45, 7) is 5.90. The highest BCUT2D eigenvalue weighted by atomic mass is 32.2. The molecule has 2 aliphatic heterocycles. The summed E-state index contributed by atoms with van der Waals surface area (Å²) in [6.07, 6.45) is 0. The molecular formula is C9H16N4O2S. The van der Waals surface area contributed by atoms with E-state index in [9.17, 15) is 8.42 Å². The second-order valence-electron chi connectivity index (χ2n) is 4.00. The van der Waals surface area contributed by atoms with Crippen molar-refractivity contribution in [2.45, 2.75) is 19.9 Å². The largest absolute Gasteiger partial charge is 0.314 e. The molecule has 0 unspecified atom stereocenters. The lowest BCUT2D eigenvalue weighted by atomic mass is 10.3. The number of nitrogens with one attached hydrogen (secondary N) is 1. The maximum atomic E-state index is 12.3. The van der Waals surface area contributed by atoms with Gasteiger partial charge in [0.05, 0.1) is 5.70 Å². The summed E-state index contributed by atoms with van der Waals surface area (Å²) in [5, 5.41) is 10.9. The predicted molar refractivity (Wildman–Crippen MR) is 60.4 cm³/mol. The van der Waals surface area contributed by atoms with Crippen LogP contribution in [0.1, 0.15) is 13.8 Å². The summed E-state index contributed by atoms with van der Waals surface area (Å²) in [5.41, 5.74) is 0.519. The van der Waals surface area contributed by atoms with E-state index < -0.39 is 10.0 Å². The molecule has 0 amide bonds. The fraction of sp³-hybridized carbons (Fsp3) is 0.778. The molecule has 0 aromatic rings. The van der Waals surface area contributed by atoms with E-state index in [0.717, 1.165) is 0 Å². The lowest BCUT2D eigenvalue weighted by Gasteiger charge is -2.27. The van der Waals surface area contributed by atoms with Gasteiger partial charge in [0.2, 0.25) is 10.0 Å². The zero-order chi connectivity index (χ0) is 11.8. The van der Waals surface area contributed by atoms with Gasteiger partial charge in [-0.1, -0.05) is 0 Å². The monoisotopic (exact) mass is 244 g/mol. The van der Waals surface area contributed by atoms with Crippen LogP contribution in [0.3, 0.4) is 0 Å². The zero-order valence-electron chi connectivity index (χ0n) is 9.47. The third-order valence-electron chi connectivity index (χ3n) is 2.81. The first-order valence-corrected chi connectivity index (χ1v) is 6.80. The van der Waals surface area contributed by atoms with E-state index in [1.807, 2.05) is 0 Å². The van der Waals surface area contributed by atoms with E-state index >= 15 is 0 Å². The Morgan fingerprint density at radius 2 is 2.00 bits per heavy atom. The molecule has 0 saturated carbocycles. The van der Waals surface area contributed by atoms with E-state index in [0.29, 0.717) is 36.8 Å². The van der Waals surface area contributed by atoms with Crippen molar-refractivity contribution in [1.82, 2.24) is 9.62 Å². The molecule has 7 heteroatoms. The molecular weight excluding hydrogens is 228 g/mol. The Balaban J connectivity index is 2.29. The van der Waals surface area contributed by atoms with Gasteiger partial charge < -0.3 is 5.32 Å². The molecule has 2 heterocycles. The Morgan fingerprint density at radius 1 is 1.38 bits per heavy atom. The highest BCUT2D eigenvalue weighted by molar-refractivity contribution is 7.93. The first kappa shape index (κ1) is 11.7. The van der Waals surface area contributed by atoms with Gasteiger partial charge >= 0.3 is 0 Å². The molecule has 16 heavy (non-hydrogen) atoms. The number of hydrogen-bond donors (Lipinski definition) is 1. The van der Waals surface area contributed by atoms with Crippen molar-refractivity contribution in [2.75, 3.05) is 26.2 Å². The summed E-state index contributed by atoms with van der Waals surface area (Å²) < 4.78 is 26.2. The number of hydrogen-bond acceptors (Lipinski definition) is 5. The van der Waals surface area contributed by atoms with Gasteiger partial charge in [-0.2, -0.15) is 14.5 Å². The molecule has 0 aliphatic carbocycles. The molecule has 0 aromatic heterocycles. The highest BCUT2D eigenvalue weighted by Crippen LogP contribution is 2.28. The van der Waals surface area contributed by atoms with Crippen LogP contribution >= 0.6 is 0 Å². The van der Waals surface area contributed by atoms with Crippen LogP contribution in [-0.4, -0.2) is 44.9 Å². The summed E-state index contributed by atoms with van der Waals surface area (Å²) >= 11 is 0. The van der Waals surface area contributed by atoms with Gasteiger partial charge in [-0.25, -0.2) is 8.42 Å². The van der Waals surface area contributed by atoms with Crippen molar-refractivity contribution in [1.29, 1.82) is 0 Å². The first-order chi connectivity index (χ1) is 7.53. The maximum Gasteiger partial charge on any atom is 0.243 e. The van der Waals surface area contributed by atoms with E-state index in [4.69, 9.17) is 0 Å². The maximum absolute atomic E-state index is 12.3. The zero-order valence-corrected chi connectivity index (χ0v) is 10.3. The third-order valence-corrected chi connectivity index (χ3v) is 5.05. The van der Waals surface area contributed by atoms with Crippen molar-refractivity contribution in [3.05, 3.63) is 10.6 Å². The minimum Gasteiger partial charge on any atom is -0.314 e. The molecule has 1 atom stereocenters. The van der Waals surface area contributed by atoms with Crippen LogP contribution in [-0.2, 0) is 10.0 Å². The number of allylic oxidation sites excluding steroid dienone is 1. The second-order valence-corrected chi connectivity index (χ2v) is 5.90. The average molecular weight is 244 g/mol. The Morgan fingerprint density at radius 3 is 2.50 bits per heavy atom. The van der Waals surface area contributed by atoms with E-state index in [-0.39, 0.29) is 6.04 Å². The van der Waals surface area contributed by atoms with Gasteiger partial charge in [-0.15, -0.1) is 0 Å². The normalized spacial score (nSPS) is 27.8. The smallest absolute Gasteiger partial charge is 0.243 e. The van der Waals surface area contributed by atoms with Gasteiger partial charge in [-0.05, 0) is 13.8 Å². The molecule has 90 valence electrons. The molecule has 2 aliphatic rings. The summed E-state index contributed by atoms with van der Waals surface area (Å²) in [7, 11) is -3.37. The van der Waals surface area contributed by atoms with Crippen molar-refractivity contribution in [3.8, 4) is 0 Å². The van der Waals surface area contributed by atoms with Crippen molar-refractivity contribution >= 4 is 10.0 Å². The molecule has 1 saturated heterocycles. The minimum absolute atomic E-state index is 0.347. The quantitative estimate of drug-likeness (QED) is 0.759. The fourth-order valence-corrected chi connectivity index (χ4v) is 3.84. The second kappa shape index (κ2) is 4.23. The number of piperazine rings is 1. The van der Waals surface area contributed by atoms with Crippen LogP contribution < -0.4 is 5.32 Å². The van der Waals surface area contributed by atoms with Gasteiger partial charge in [0.15, 0.2) is 0 Å². The molecule has 6 nitrogen and oxygen atoms in total. The molecule has 0 bridgehead atoms. The van der Waals surface area contributed by atoms with Crippen LogP contribution in [0.4, 0.5) is 0 Å². The summed E-state index contributed by atoms with van der Waals surface area (Å²) in [6, 6.07) is -0.347. The number of azo groups is 1. The SMILES string of the molecule is CC1=C(S(=O)(=O)N2CCNCC2)[C@H](C)N=N1. The van der Waals surface area contributed by atoms with Gasteiger partial charge in [0, 0.05) is 26.2 Å². The van der Waals surface area contributed by atoms with E-state index in [1.54, 1.807) is 13.8 Å². The van der Waals surface area contributed by atoms with E-state index in [2.05, 4.69) is 15.5 Å². The number of rotatable bonds is 2. The molecule has 0 radical (unpaired) electrons. The van der Waals surface area contributed by atoms with Crippen LogP contribution in [0, 0.1) is 0 Å². The number of sulfonamides is 1. The van der Waals surface area contributed by atoms with Crippen molar-refractivity contribution in [3.63, 3.8) is 0 Å². The molecule has 2 rings (SSSR count). The molecule has 0 aromatic carbocycles. The number of nitrogens with zero attached hydrogens (tertiary/aromatic N) is 3. The van der Waals surface area contributed by atoms with Gasteiger partial charge in [0.1, 0.15) is 10.9 Å². The molecule has 0 spiro atoms. The van der Waals surface area contributed by atoms with Crippen LogP contribution in [0.25, 0.3) is 0 Å². The predicted octanol–water partition coefficient (Wildman–Crippen LogP) is 0.307. The topological polar surface area (TPSA) is 74.1 Å². The first-order valence-electron chi connectivity index (χ1n) is 5.36. The molecule has 1 fully saturated rings. The fourth-order valence-electron chi connectivity index (χ4n) is 2.00. The van der Waals surface area contributed by atoms with Crippen molar-refractivity contribution in [2.24, 2.45) is 10.2 Å². The average Bonchev–Trinajstić information content (AvgIpc) is 2.60. The molecule has 1 N–H and O–H groups in total. The van der Waals surface area contributed by atoms with E-state index in [1.165, 1.54) is 4.31 Å². The minimum atomic E-state index is -3.37. The van der Waals surface area contributed by atoms with Crippen LogP contribution in [0.2, 0.25) is 0 Å². The van der Waals surface area contributed by atoms with Crippen LogP contribution in [0.5, 0.6) is 0 Å². The summed E-state index contributed by atoms with van der Waals surface area (Å²) in [4.78, 5) is 0.356. The Kier molecular flexibility index (Phi) is 3.09. The van der Waals surface area contributed by atoms with Crippen molar-refractivity contribution < 1.29 is 8.42 Å². The van der Waals surface area contributed by atoms with Crippen LogP contribution in [0.15, 0.2) is 20.8 Å². The lowest BCUT2D eigenvalue weighted by molar-refractivity contribution is 0.362. The Bertz CT molecular complexity index is 434. The Hall–Kier alpha value is -0.790. The highest BCUT2D eigenvalue weighted by Gasteiger charge is 2.35. The third kappa shape index (κ3) is 1.90. The van der Waals surface area contributed by atoms with Gasteiger partial charge in [-0.3, -0.25) is 0 Å².